The second-order valence-electron chi connectivity index (χ2n) is 3.37. The van der Waals surface area contributed by atoms with Gasteiger partial charge in [-0.1, -0.05) is 24.7 Å². The molecule has 1 rings (SSSR count). The molecule has 5 nitrogen and oxygen atoms in total. The molecule has 14 heavy (non-hydrogen) atoms. The molecular weight excluding hydrogens is 200 g/mol. The maximum absolute atomic E-state index is 11.6. The quantitative estimate of drug-likeness (QED) is 0.783. The van der Waals surface area contributed by atoms with Crippen LogP contribution in [0.5, 0.6) is 0 Å². The standard InChI is InChI=1S/C8H14N4OS/c1-3-4-8(2,9)6(13)11-7-12-10-5-14-7/h5H,3-4,9H2,1-2H3,(H,11,12,13). The van der Waals surface area contributed by atoms with Crippen LogP contribution >= 0.6 is 11.3 Å². The van der Waals surface area contributed by atoms with Crippen molar-refractivity contribution in [3.63, 3.8) is 0 Å². The summed E-state index contributed by atoms with van der Waals surface area (Å²) >= 11 is 1.28. The zero-order valence-electron chi connectivity index (χ0n) is 8.28. The molecule has 3 N–H and O–H groups in total. The molecule has 78 valence electrons. The van der Waals surface area contributed by atoms with Gasteiger partial charge in [-0.15, -0.1) is 10.2 Å². The number of hydrogen-bond acceptors (Lipinski definition) is 5. The highest BCUT2D eigenvalue weighted by Gasteiger charge is 2.27. The Morgan fingerprint density at radius 3 is 3.00 bits per heavy atom. The lowest BCUT2D eigenvalue weighted by atomic mass is 9.97. The summed E-state index contributed by atoms with van der Waals surface area (Å²) < 4.78 is 0. The monoisotopic (exact) mass is 214 g/mol. The summed E-state index contributed by atoms with van der Waals surface area (Å²) in [6, 6.07) is 0. The lowest BCUT2D eigenvalue weighted by Crippen LogP contribution is -2.48. The molecule has 1 heterocycles. The van der Waals surface area contributed by atoms with Gasteiger partial charge in [0.25, 0.3) is 0 Å². The number of amides is 1. The molecule has 0 saturated heterocycles. The number of carbonyl (C=O) groups excluding carboxylic acids is 1. The van der Waals surface area contributed by atoms with Gasteiger partial charge in [0, 0.05) is 0 Å². The molecule has 0 spiro atoms. The van der Waals surface area contributed by atoms with E-state index in [1.807, 2.05) is 6.92 Å². The number of carbonyl (C=O) groups is 1. The first-order valence-electron chi connectivity index (χ1n) is 4.43. The Labute approximate surface area is 86.7 Å². The van der Waals surface area contributed by atoms with Crippen LogP contribution in [0.25, 0.3) is 0 Å². The Morgan fingerprint density at radius 2 is 2.50 bits per heavy atom. The number of aromatic nitrogens is 2. The van der Waals surface area contributed by atoms with Crippen LogP contribution in [0.2, 0.25) is 0 Å². The summed E-state index contributed by atoms with van der Waals surface area (Å²) in [5, 5.41) is 10.4. The van der Waals surface area contributed by atoms with Crippen LogP contribution in [0.1, 0.15) is 26.7 Å². The SMILES string of the molecule is CCCC(C)(N)C(=O)Nc1nncs1. The fraction of sp³-hybridized carbons (Fsp3) is 0.625. The highest BCUT2D eigenvalue weighted by molar-refractivity contribution is 7.13. The van der Waals surface area contributed by atoms with Crippen LogP contribution in [0.4, 0.5) is 5.13 Å². The molecule has 1 aromatic rings. The first-order valence-corrected chi connectivity index (χ1v) is 5.30. The molecule has 0 aliphatic rings. The Balaban J connectivity index is 2.57. The predicted molar refractivity (Wildman–Crippen MR) is 56.0 cm³/mol. The van der Waals surface area contributed by atoms with Crippen molar-refractivity contribution < 1.29 is 4.79 Å². The smallest absolute Gasteiger partial charge is 0.245 e. The second kappa shape index (κ2) is 4.47. The van der Waals surface area contributed by atoms with Gasteiger partial charge < -0.3 is 5.73 Å². The van der Waals surface area contributed by atoms with Crippen molar-refractivity contribution in [3.05, 3.63) is 5.51 Å². The van der Waals surface area contributed by atoms with Gasteiger partial charge in [0.15, 0.2) is 0 Å². The van der Waals surface area contributed by atoms with Crippen molar-refractivity contribution in [2.45, 2.75) is 32.2 Å². The van der Waals surface area contributed by atoms with E-state index in [-0.39, 0.29) is 5.91 Å². The van der Waals surface area contributed by atoms with Gasteiger partial charge in [-0.05, 0) is 13.3 Å². The summed E-state index contributed by atoms with van der Waals surface area (Å²) in [6.45, 7) is 3.70. The summed E-state index contributed by atoms with van der Waals surface area (Å²) in [5.41, 5.74) is 6.56. The highest BCUT2D eigenvalue weighted by Crippen LogP contribution is 2.14. The van der Waals surface area contributed by atoms with Gasteiger partial charge in [-0.2, -0.15) is 0 Å². The number of nitrogens with one attached hydrogen (secondary N) is 1. The van der Waals surface area contributed by atoms with E-state index in [1.165, 1.54) is 11.3 Å². The Bertz CT molecular complexity index is 296. The van der Waals surface area contributed by atoms with E-state index >= 15 is 0 Å². The fourth-order valence-electron chi connectivity index (χ4n) is 1.10. The molecule has 6 heteroatoms. The van der Waals surface area contributed by atoms with Crippen molar-refractivity contribution >= 4 is 22.4 Å². The van der Waals surface area contributed by atoms with Crippen LogP contribution in [0.3, 0.4) is 0 Å². The summed E-state index contributed by atoms with van der Waals surface area (Å²) in [7, 11) is 0. The zero-order chi connectivity index (χ0) is 10.6. The summed E-state index contributed by atoms with van der Waals surface area (Å²) in [4.78, 5) is 11.6. The van der Waals surface area contributed by atoms with Crippen LogP contribution in [0, 0.1) is 0 Å². The molecule has 0 fully saturated rings. The topological polar surface area (TPSA) is 80.9 Å². The first kappa shape index (κ1) is 11.1. The van der Waals surface area contributed by atoms with E-state index in [9.17, 15) is 4.79 Å². The van der Waals surface area contributed by atoms with Crippen LogP contribution in [0.15, 0.2) is 5.51 Å². The zero-order valence-corrected chi connectivity index (χ0v) is 9.10. The lowest BCUT2D eigenvalue weighted by molar-refractivity contribution is -0.120. The van der Waals surface area contributed by atoms with Crippen molar-refractivity contribution in [1.29, 1.82) is 0 Å². The van der Waals surface area contributed by atoms with Gasteiger partial charge in [0.05, 0.1) is 5.54 Å². The number of nitrogens with two attached hydrogens (primary N) is 1. The minimum Gasteiger partial charge on any atom is -0.318 e. The normalized spacial score (nSPS) is 14.8. The van der Waals surface area contributed by atoms with E-state index in [2.05, 4.69) is 15.5 Å². The number of nitrogens with zero attached hydrogens (tertiary/aromatic N) is 2. The maximum atomic E-state index is 11.6. The molecule has 0 aliphatic heterocycles. The summed E-state index contributed by atoms with van der Waals surface area (Å²) in [6.07, 6.45) is 1.52. The lowest BCUT2D eigenvalue weighted by Gasteiger charge is -2.21. The van der Waals surface area contributed by atoms with E-state index in [0.717, 1.165) is 6.42 Å². The van der Waals surface area contributed by atoms with Crippen LogP contribution < -0.4 is 11.1 Å². The first-order chi connectivity index (χ1) is 6.56. The van der Waals surface area contributed by atoms with Crippen molar-refractivity contribution in [2.75, 3.05) is 5.32 Å². The Kier molecular flexibility index (Phi) is 3.54. The van der Waals surface area contributed by atoms with Crippen molar-refractivity contribution in [2.24, 2.45) is 5.73 Å². The largest absolute Gasteiger partial charge is 0.318 e. The molecule has 0 radical (unpaired) electrons. The van der Waals surface area contributed by atoms with Gasteiger partial charge in [-0.25, -0.2) is 0 Å². The third-order valence-corrected chi connectivity index (χ3v) is 2.48. The molecule has 0 aromatic carbocycles. The van der Waals surface area contributed by atoms with Crippen molar-refractivity contribution in [3.8, 4) is 0 Å². The molecular formula is C8H14N4OS. The Morgan fingerprint density at radius 1 is 1.79 bits per heavy atom. The second-order valence-corrected chi connectivity index (χ2v) is 4.20. The van der Waals surface area contributed by atoms with Crippen LogP contribution in [-0.2, 0) is 4.79 Å². The molecule has 0 aliphatic carbocycles. The molecule has 0 bridgehead atoms. The molecule has 1 amide bonds. The maximum Gasteiger partial charge on any atom is 0.245 e. The molecule has 1 atom stereocenters. The average Bonchev–Trinajstić information content (AvgIpc) is 2.56. The minimum atomic E-state index is -0.833. The van der Waals surface area contributed by atoms with Crippen molar-refractivity contribution in [1.82, 2.24) is 10.2 Å². The minimum absolute atomic E-state index is 0.212. The van der Waals surface area contributed by atoms with Gasteiger partial charge >= 0.3 is 0 Å². The van der Waals surface area contributed by atoms with E-state index in [0.29, 0.717) is 11.6 Å². The Hall–Kier alpha value is -1.01. The number of anilines is 1. The average molecular weight is 214 g/mol. The van der Waals surface area contributed by atoms with E-state index in [1.54, 1.807) is 12.4 Å². The molecule has 1 aromatic heterocycles. The van der Waals surface area contributed by atoms with Gasteiger partial charge in [0.1, 0.15) is 5.51 Å². The summed E-state index contributed by atoms with van der Waals surface area (Å²) in [5.74, 6) is -0.212. The molecule has 0 saturated carbocycles. The number of hydrogen-bond donors (Lipinski definition) is 2. The predicted octanol–water partition coefficient (Wildman–Crippen LogP) is 0.994. The molecule has 1 unspecified atom stereocenters. The van der Waals surface area contributed by atoms with E-state index < -0.39 is 5.54 Å². The third kappa shape index (κ3) is 2.74. The third-order valence-electron chi connectivity index (χ3n) is 1.87. The number of rotatable bonds is 4. The highest BCUT2D eigenvalue weighted by atomic mass is 32.1. The van der Waals surface area contributed by atoms with Crippen LogP contribution in [-0.4, -0.2) is 21.6 Å². The van der Waals surface area contributed by atoms with Gasteiger partial charge in [0.2, 0.25) is 11.0 Å². The van der Waals surface area contributed by atoms with Gasteiger partial charge in [-0.3, -0.25) is 10.1 Å². The van der Waals surface area contributed by atoms with E-state index in [4.69, 9.17) is 5.73 Å². The fourth-order valence-corrected chi connectivity index (χ4v) is 1.54.